The highest BCUT2D eigenvalue weighted by Crippen LogP contribution is 2.27. The molecule has 1 fully saturated rings. The highest BCUT2D eigenvalue weighted by Gasteiger charge is 2.25. The summed E-state index contributed by atoms with van der Waals surface area (Å²) in [6, 6.07) is 8.85. The molecule has 2 aromatic rings. The average Bonchev–Trinajstić information content (AvgIpc) is 2.68. The quantitative estimate of drug-likeness (QED) is 0.718. The third-order valence-electron chi connectivity index (χ3n) is 4.45. The molecule has 3 rings (SSSR count). The van der Waals surface area contributed by atoms with Crippen molar-refractivity contribution in [2.45, 2.75) is 19.2 Å². The fourth-order valence-electron chi connectivity index (χ4n) is 2.99. The molecule has 2 N–H and O–H groups in total. The van der Waals surface area contributed by atoms with Gasteiger partial charge in [-0.25, -0.2) is 0 Å². The van der Waals surface area contributed by atoms with Crippen molar-refractivity contribution < 1.29 is 19.7 Å². The summed E-state index contributed by atoms with van der Waals surface area (Å²) in [4.78, 5) is 17.7. The first kappa shape index (κ1) is 18.7. The number of aromatic nitrogens is 1. The fraction of sp³-hybridized carbons (Fsp3) is 0.368. The molecule has 1 aliphatic heterocycles. The summed E-state index contributed by atoms with van der Waals surface area (Å²) < 4.78 is 5.86. The van der Waals surface area contributed by atoms with Crippen molar-refractivity contribution in [2.24, 2.45) is 0 Å². The molecule has 0 amide bonds. The highest BCUT2D eigenvalue weighted by atomic mass is 32.2. The third kappa shape index (κ3) is 4.35. The highest BCUT2D eigenvalue weighted by molar-refractivity contribution is 7.99. The van der Waals surface area contributed by atoms with Crippen molar-refractivity contribution in [3.05, 3.63) is 53.3 Å². The van der Waals surface area contributed by atoms with Gasteiger partial charge in [0.05, 0.1) is 23.9 Å². The number of ether oxygens (including phenoxy) is 1. The fourth-order valence-corrected chi connectivity index (χ4v) is 4.10. The molecule has 2 heterocycles. The molecule has 7 heteroatoms. The molecular formula is C19H22N2O4S. The van der Waals surface area contributed by atoms with Crippen LogP contribution in [0.1, 0.15) is 21.6 Å². The number of hydrogen-bond donors (Lipinski definition) is 2. The zero-order valence-electron chi connectivity index (χ0n) is 14.4. The molecule has 1 atom stereocenters. The van der Waals surface area contributed by atoms with Crippen LogP contribution in [0.5, 0.6) is 11.5 Å². The van der Waals surface area contributed by atoms with E-state index in [4.69, 9.17) is 4.74 Å². The lowest BCUT2D eigenvalue weighted by atomic mass is 10.1. The lowest BCUT2D eigenvalue weighted by Crippen LogP contribution is -2.45. The van der Waals surface area contributed by atoms with Gasteiger partial charge in [0.1, 0.15) is 18.1 Å². The number of carbonyl (C=O) groups excluding carboxylic acids is 1. The second-order valence-electron chi connectivity index (χ2n) is 6.08. The minimum atomic E-state index is -0.0775. The Kier molecular flexibility index (Phi) is 6.49. The van der Waals surface area contributed by atoms with Crippen LogP contribution in [0.2, 0.25) is 0 Å². The van der Waals surface area contributed by atoms with Gasteiger partial charge in [-0.2, -0.15) is 11.8 Å². The number of benzene rings is 1. The monoisotopic (exact) mass is 374 g/mol. The normalized spacial score (nSPS) is 17.8. The number of aromatic hydroxyl groups is 1. The number of pyridine rings is 1. The minimum Gasteiger partial charge on any atom is -0.507 e. The molecule has 1 aromatic carbocycles. The molecule has 0 spiro atoms. The molecule has 0 saturated carbocycles. The van der Waals surface area contributed by atoms with Crippen LogP contribution in [-0.4, -0.2) is 57.1 Å². The number of phenols is 1. The lowest BCUT2D eigenvalue weighted by Gasteiger charge is -2.35. The van der Waals surface area contributed by atoms with Gasteiger partial charge in [-0.3, -0.25) is 14.7 Å². The van der Waals surface area contributed by atoms with E-state index in [-0.39, 0.29) is 24.0 Å². The number of aliphatic hydroxyl groups is 1. The van der Waals surface area contributed by atoms with Crippen LogP contribution in [0.15, 0.2) is 36.5 Å². The van der Waals surface area contributed by atoms with Gasteiger partial charge < -0.3 is 14.9 Å². The predicted octanol–water partition coefficient (Wildman–Crippen LogP) is 2.09. The Labute approximate surface area is 156 Å². The van der Waals surface area contributed by atoms with E-state index in [1.54, 1.807) is 18.3 Å². The van der Waals surface area contributed by atoms with E-state index >= 15 is 0 Å². The molecule has 0 radical (unpaired) electrons. The second-order valence-corrected chi connectivity index (χ2v) is 7.23. The Morgan fingerprint density at radius 3 is 3.04 bits per heavy atom. The second kappa shape index (κ2) is 9.02. The van der Waals surface area contributed by atoms with Crippen LogP contribution in [0.4, 0.5) is 0 Å². The Morgan fingerprint density at radius 1 is 1.35 bits per heavy atom. The molecule has 0 aliphatic carbocycles. The SMILES string of the molecule is O=Cc1c(O)cccc1OC[C@H]1CSCCN1Cc1cccnc1CO. The number of thioether (sulfide) groups is 1. The van der Waals surface area contributed by atoms with Gasteiger partial charge in [0.15, 0.2) is 6.29 Å². The largest absolute Gasteiger partial charge is 0.507 e. The number of rotatable bonds is 7. The van der Waals surface area contributed by atoms with Crippen molar-refractivity contribution in [1.29, 1.82) is 0 Å². The van der Waals surface area contributed by atoms with Gasteiger partial charge in [0, 0.05) is 30.8 Å². The van der Waals surface area contributed by atoms with E-state index in [0.29, 0.717) is 30.9 Å². The van der Waals surface area contributed by atoms with Gasteiger partial charge in [0.25, 0.3) is 0 Å². The minimum absolute atomic E-state index is 0.0738. The third-order valence-corrected chi connectivity index (χ3v) is 5.54. The number of phenolic OH excluding ortho intramolecular Hbond substituents is 1. The summed E-state index contributed by atoms with van der Waals surface area (Å²) in [6.45, 7) is 1.95. The summed E-state index contributed by atoms with van der Waals surface area (Å²) in [5.74, 6) is 2.28. The van der Waals surface area contributed by atoms with Crippen LogP contribution in [0, 0.1) is 0 Å². The van der Waals surface area contributed by atoms with Gasteiger partial charge in [-0.15, -0.1) is 0 Å². The molecule has 1 saturated heterocycles. The van der Waals surface area contributed by atoms with Crippen molar-refractivity contribution in [3.63, 3.8) is 0 Å². The average molecular weight is 374 g/mol. The van der Waals surface area contributed by atoms with Gasteiger partial charge >= 0.3 is 0 Å². The lowest BCUT2D eigenvalue weighted by molar-refractivity contribution is 0.111. The van der Waals surface area contributed by atoms with E-state index < -0.39 is 0 Å². The molecular weight excluding hydrogens is 352 g/mol. The maximum atomic E-state index is 11.2. The summed E-state index contributed by atoms with van der Waals surface area (Å²) >= 11 is 1.87. The van der Waals surface area contributed by atoms with E-state index in [9.17, 15) is 15.0 Å². The number of aldehydes is 1. The Balaban J connectivity index is 1.70. The van der Waals surface area contributed by atoms with Crippen LogP contribution >= 0.6 is 11.8 Å². The first-order chi connectivity index (χ1) is 12.7. The maximum Gasteiger partial charge on any atom is 0.157 e. The van der Waals surface area contributed by atoms with Crippen LogP contribution in [0.25, 0.3) is 0 Å². The summed E-state index contributed by atoms with van der Waals surface area (Å²) in [7, 11) is 0. The Bertz CT molecular complexity index is 756. The van der Waals surface area contributed by atoms with Crippen molar-refractivity contribution in [2.75, 3.05) is 24.7 Å². The topological polar surface area (TPSA) is 82.9 Å². The van der Waals surface area contributed by atoms with Crippen LogP contribution in [0.3, 0.4) is 0 Å². The zero-order valence-corrected chi connectivity index (χ0v) is 15.2. The molecule has 1 aromatic heterocycles. The summed E-state index contributed by atoms with van der Waals surface area (Å²) in [5.41, 5.74) is 1.89. The first-order valence-electron chi connectivity index (χ1n) is 8.48. The number of carbonyl (C=O) groups is 1. The molecule has 0 bridgehead atoms. The van der Waals surface area contributed by atoms with E-state index in [2.05, 4.69) is 9.88 Å². The van der Waals surface area contributed by atoms with Crippen LogP contribution in [-0.2, 0) is 13.2 Å². The zero-order chi connectivity index (χ0) is 18.4. The van der Waals surface area contributed by atoms with Gasteiger partial charge in [-0.05, 0) is 23.8 Å². The standard InChI is InChI=1S/C19H22N2O4S/c22-10-16-18(24)4-1-5-19(16)25-12-15-13-26-8-7-21(15)9-14-3-2-6-20-17(14)11-23/h1-6,10,15,23-24H,7-9,11-13H2/t15-/m0/s1. The van der Waals surface area contributed by atoms with E-state index in [0.717, 1.165) is 23.6 Å². The maximum absolute atomic E-state index is 11.2. The van der Waals surface area contributed by atoms with Crippen LogP contribution < -0.4 is 4.74 Å². The van der Waals surface area contributed by atoms with E-state index in [1.807, 2.05) is 23.9 Å². The number of hydrogen-bond acceptors (Lipinski definition) is 7. The molecule has 1 aliphatic rings. The Hall–Kier alpha value is -2.09. The number of nitrogens with zero attached hydrogens (tertiary/aromatic N) is 2. The molecule has 6 nitrogen and oxygen atoms in total. The summed E-state index contributed by atoms with van der Waals surface area (Å²) in [5, 5.41) is 19.3. The predicted molar refractivity (Wildman–Crippen MR) is 101 cm³/mol. The van der Waals surface area contributed by atoms with Crippen molar-refractivity contribution in [1.82, 2.24) is 9.88 Å². The van der Waals surface area contributed by atoms with Crippen molar-refractivity contribution in [3.8, 4) is 11.5 Å². The number of aliphatic hydroxyl groups excluding tert-OH is 1. The first-order valence-corrected chi connectivity index (χ1v) is 9.63. The van der Waals surface area contributed by atoms with Gasteiger partial charge in [-0.1, -0.05) is 12.1 Å². The van der Waals surface area contributed by atoms with E-state index in [1.165, 1.54) is 6.07 Å². The smallest absolute Gasteiger partial charge is 0.157 e. The summed E-state index contributed by atoms with van der Waals surface area (Å²) in [6.07, 6.45) is 2.30. The molecule has 26 heavy (non-hydrogen) atoms. The van der Waals surface area contributed by atoms with Crippen molar-refractivity contribution >= 4 is 18.0 Å². The molecule has 138 valence electrons. The molecule has 0 unspecified atom stereocenters. The van der Waals surface area contributed by atoms with Gasteiger partial charge in [0.2, 0.25) is 0 Å². The Morgan fingerprint density at radius 2 is 2.23 bits per heavy atom.